The van der Waals surface area contributed by atoms with Gasteiger partial charge in [0, 0.05) is 46.7 Å². The molecule has 0 fully saturated rings. The zero-order valence-corrected chi connectivity index (χ0v) is 25.0. The van der Waals surface area contributed by atoms with Gasteiger partial charge in [0.05, 0.1) is 23.1 Å². The Hall–Kier alpha value is -4.44. The van der Waals surface area contributed by atoms with Gasteiger partial charge < -0.3 is 24.3 Å². The quantitative estimate of drug-likeness (QED) is 0.204. The van der Waals surface area contributed by atoms with Crippen molar-refractivity contribution in [3.8, 4) is 0 Å². The molecule has 4 aromatic rings. The van der Waals surface area contributed by atoms with Crippen LogP contribution in [-0.2, 0) is 14.3 Å². The number of nitrogens with zero attached hydrogens (tertiary/aromatic N) is 1. The van der Waals surface area contributed by atoms with Gasteiger partial charge in [0.2, 0.25) is 6.29 Å². The number of aliphatic hydroxyl groups excluding tert-OH is 1. The molecule has 3 amide bonds. The second-order valence-corrected chi connectivity index (χ2v) is 11.2. The molecule has 3 aromatic carbocycles. The molecule has 2 aliphatic rings. The summed E-state index contributed by atoms with van der Waals surface area (Å²) in [5.74, 6) is -1.71. The van der Waals surface area contributed by atoms with Crippen molar-refractivity contribution in [3.63, 3.8) is 0 Å². The summed E-state index contributed by atoms with van der Waals surface area (Å²) in [6.07, 6.45) is 3.93. The molecule has 226 valence electrons. The fourth-order valence-electron chi connectivity index (χ4n) is 5.99. The summed E-state index contributed by atoms with van der Waals surface area (Å²) in [6, 6.07) is 17.3. The molecule has 6 rings (SSSR count). The summed E-state index contributed by atoms with van der Waals surface area (Å²) in [4.78, 5) is 40.9. The standard InChI is InChI=1S/C34H31ClN2O7/c1-3-42-34-24(8-6-14-38)25(27-18-43-29-9-5-4-7-22(27)29)17-30(44-34)31(39)36-21-11-13-28(19(2)15-21)37-32(40)23-12-10-20(35)16-26(23)33(37)41/h4-5,7,9-13,15-18,24-25,34,38H,3,6,8,14H2,1-2H3,(H,36,39)/t24-,25+,34-/m1/s1. The van der Waals surface area contributed by atoms with Gasteiger partial charge >= 0.3 is 0 Å². The maximum Gasteiger partial charge on any atom is 0.290 e. The van der Waals surface area contributed by atoms with E-state index in [1.165, 1.54) is 6.07 Å². The van der Waals surface area contributed by atoms with Crippen LogP contribution in [0.1, 0.15) is 57.5 Å². The number of carbonyl (C=O) groups is 3. The summed E-state index contributed by atoms with van der Waals surface area (Å²) in [5.41, 5.74) is 3.67. The number of fused-ring (bicyclic) bond motifs is 2. The second kappa shape index (κ2) is 12.3. The smallest absolute Gasteiger partial charge is 0.290 e. The first-order chi connectivity index (χ1) is 21.3. The summed E-state index contributed by atoms with van der Waals surface area (Å²) < 4.78 is 17.9. The van der Waals surface area contributed by atoms with Gasteiger partial charge in [0.25, 0.3) is 17.7 Å². The fourth-order valence-corrected chi connectivity index (χ4v) is 6.16. The lowest BCUT2D eigenvalue weighted by Crippen LogP contribution is -2.37. The highest BCUT2D eigenvalue weighted by atomic mass is 35.5. The second-order valence-electron chi connectivity index (χ2n) is 10.8. The lowest BCUT2D eigenvalue weighted by Gasteiger charge is -2.36. The van der Waals surface area contributed by atoms with Crippen LogP contribution in [0.4, 0.5) is 11.4 Å². The molecule has 0 unspecified atom stereocenters. The lowest BCUT2D eigenvalue weighted by molar-refractivity contribution is -0.164. The highest BCUT2D eigenvalue weighted by molar-refractivity contribution is 6.37. The van der Waals surface area contributed by atoms with Crippen LogP contribution in [-0.4, -0.2) is 42.3 Å². The Bertz CT molecular complexity index is 1800. The number of aliphatic hydroxyl groups is 1. The Balaban J connectivity index is 1.28. The largest absolute Gasteiger partial charge is 0.464 e. The highest BCUT2D eigenvalue weighted by Gasteiger charge is 2.40. The molecule has 1 aromatic heterocycles. The normalized spacial score (nSPS) is 19.6. The Kier molecular flexibility index (Phi) is 8.27. The van der Waals surface area contributed by atoms with Crippen LogP contribution in [0, 0.1) is 12.8 Å². The molecular formula is C34H31ClN2O7. The maximum absolute atomic E-state index is 13.6. The van der Waals surface area contributed by atoms with Gasteiger partial charge in [-0.3, -0.25) is 14.4 Å². The first-order valence-corrected chi connectivity index (χ1v) is 14.9. The molecule has 0 radical (unpaired) electrons. The zero-order valence-electron chi connectivity index (χ0n) is 24.2. The van der Waals surface area contributed by atoms with Gasteiger partial charge in [-0.2, -0.15) is 0 Å². The number of ether oxygens (including phenoxy) is 2. The zero-order chi connectivity index (χ0) is 31.0. The third-order valence-corrected chi connectivity index (χ3v) is 8.28. The average Bonchev–Trinajstić information content (AvgIpc) is 3.55. The molecule has 0 saturated heterocycles. The van der Waals surface area contributed by atoms with E-state index in [1.807, 2.05) is 31.2 Å². The Labute approximate surface area is 259 Å². The van der Waals surface area contributed by atoms with E-state index in [0.29, 0.717) is 47.0 Å². The molecule has 2 N–H and O–H groups in total. The molecule has 0 saturated carbocycles. The van der Waals surface area contributed by atoms with Gasteiger partial charge in [-0.25, -0.2) is 4.90 Å². The summed E-state index contributed by atoms with van der Waals surface area (Å²) >= 11 is 6.06. The number of hydrogen-bond donors (Lipinski definition) is 2. The fraction of sp³-hybridized carbons (Fsp3) is 0.265. The van der Waals surface area contributed by atoms with Crippen LogP contribution >= 0.6 is 11.6 Å². The third kappa shape index (κ3) is 5.38. The van der Waals surface area contributed by atoms with Gasteiger partial charge in [-0.05, 0) is 80.8 Å². The molecule has 10 heteroatoms. The molecule has 0 aliphatic carbocycles. The maximum atomic E-state index is 13.6. The molecule has 3 atom stereocenters. The van der Waals surface area contributed by atoms with Crippen molar-refractivity contribution < 1.29 is 33.4 Å². The number of anilines is 2. The number of imide groups is 1. The number of carbonyl (C=O) groups excluding carboxylic acids is 3. The number of benzene rings is 3. The molecule has 3 heterocycles. The highest BCUT2D eigenvalue weighted by Crippen LogP contribution is 2.42. The van der Waals surface area contributed by atoms with Crippen molar-refractivity contribution in [2.24, 2.45) is 5.92 Å². The topological polar surface area (TPSA) is 118 Å². The Morgan fingerprint density at radius 1 is 1.07 bits per heavy atom. The monoisotopic (exact) mass is 614 g/mol. The van der Waals surface area contributed by atoms with E-state index in [4.69, 9.17) is 25.5 Å². The predicted molar refractivity (Wildman–Crippen MR) is 166 cm³/mol. The van der Waals surface area contributed by atoms with Crippen LogP contribution in [0.15, 0.2) is 83.2 Å². The number of aryl methyl sites for hydroxylation is 1. The molecular weight excluding hydrogens is 584 g/mol. The van der Waals surface area contributed by atoms with Crippen LogP contribution in [0.25, 0.3) is 11.0 Å². The third-order valence-electron chi connectivity index (χ3n) is 8.05. The van der Waals surface area contributed by atoms with Crippen molar-refractivity contribution in [1.29, 1.82) is 0 Å². The minimum absolute atomic E-state index is 0.0229. The summed E-state index contributed by atoms with van der Waals surface area (Å²) in [7, 11) is 0. The summed E-state index contributed by atoms with van der Waals surface area (Å²) in [5, 5.41) is 13.8. The Morgan fingerprint density at radius 3 is 2.64 bits per heavy atom. The molecule has 0 bridgehead atoms. The predicted octanol–water partition coefficient (Wildman–Crippen LogP) is 6.58. The van der Waals surface area contributed by atoms with E-state index < -0.39 is 24.0 Å². The van der Waals surface area contributed by atoms with Crippen molar-refractivity contribution in [2.45, 2.75) is 38.9 Å². The Morgan fingerprint density at radius 2 is 1.86 bits per heavy atom. The van der Waals surface area contributed by atoms with Crippen LogP contribution in [0.2, 0.25) is 5.02 Å². The van der Waals surface area contributed by atoms with E-state index in [-0.39, 0.29) is 29.8 Å². The van der Waals surface area contributed by atoms with E-state index >= 15 is 0 Å². The summed E-state index contributed by atoms with van der Waals surface area (Å²) in [6.45, 7) is 4.02. The van der Waals surface area contributed by atoms with Crippen LogP contribution < -0.4 is 10.2 Å². The number of para-hydroxylation sites is 1. The number of amides is 3. The molecule has 0 spiro atoms. The number of hydrogen-bond acceptors (Lipinski definition) is 7. The van der Waals surface area contributed by atoms with E-state index in [1.54, 1.807) is 49.6 Å². The number of furan rings is 1. The number of nitrogens with one attached hydrogen (secondary N) is 1. The van der Waals surface area contributed by atoms with Crippen molar-refractivity contribution in [3.05, 3.63) is 106 Å². The number of halogens is 1. The lowest BCUT2D eigenvalue weighted by atomic mass is 9.80. The van der Waals surface area contributed by atoms with Crippen molar-refractivity contribution in [1.82, 2.24) is 0 Å². The van der Waals surface area contributed by atoms with Gasteiger partial charge in [0.1, 0.15) is 5.58 Å². The number of rotatable bonds is 9. The number of allylic oxidation sites excluding steroid dienone is 1. The molecule has 2 aliphatic heterocycles. The average molecular weight is 615 g/mol. The minimum Gasteiger partial charge on any atom is -0.464 e. The van der Waals surface area contributed by atoms with Crippen molar-refractivity contribution >= 4 is 51.7 Å². The van der Waals surface area contributed by atoms with Gasteiger partial charge in [-0.15, -0.1) is 0 Å². The van der Waals surface area contributed by atoms with E-state index in [2.05, 4.69) is 5.32 Å². The van der Waals surface area contributed by atoms with Crippen LogP contribution in [0.5, 0.6) is 0 Å². The molecule has 9 nitrogen and oxygen atoms in total. The van der Waals surface area contributed by atoms with Crippen LogP contribution in [0.3, 0.4) is 0 Å². The van der Waals surface area contributed by atoms with Crippen molar-refractivity contribution in [2.75, 3.05) is 23.4 Å². The molecule has 44 heavy (non-hydrogen) atoms. The first kappa shape index (κ1) is 29.6. The van der Waals surface area contributed by atoms with E-state index in [0.717, 1.165) is 21.4 Å². The SMILES string of the molecule is CCO[C@@H]1OC(C(=O)Nc2ccc(N3C(=O)c4ccc(Cl)cc4C3=O)c(C)c2)=C[C@H](c2coc3ccccc23)[C@H]1CCCO. The van der Waals surface area contributed by atoms with Gasteiger partial charge in [0.15, 0.2) is 5.76 Å². The van der Waals surface area contributed by atoms with E-state index in [9.17, 15) is 19.5 Å². The van der Waals surface area contributed by atoms with Gasteiger partial charge in [-0.1, -0.05) is 29.8 Å². The minimum atomic E-state index is -0.720. The first-order valence-electron chi connectivity index (χ1n) is 14.5.